The van der Waals surface area contributed by atoms with E-state index in [0.717, 1.165) is 60.9 Å². The number of anilines is 1. The summed E-state index contributed by atoms with van der Waals surface area (Å²) in [4.78, 5) is 9.19. The van der Waals surface area contributed by atoms with Crippen LogP contribution in [-0.4, -0.2) is 50.5 Å². The zero-order valence-corrected chi connectivity index (χ0v) is 31.8. The molecule has 1 aliphatic rings. The van der Waals surface area contributed by atoms with Crippen molar-refractivity contribution in [3.63, 3.8) is 0 Å². The molecule has 1 N–H and O–H groups in total. The molecular formula is C42H45N9OSi. The molecular weight excluding hydrogens is 675 g/mol. The Labute approximate surface area is 312 Å². The Hall–Kier alpha value is -5.62. The minimum atomic E-state index is -2.54. The average molecular weight is 720 g/mol. The van der Waals surface area contributed by atoms with Crippen LogP contribution in [0.5, 0.6) is 0 Å². The fraction of sp³-hybridized carbons (Fsp3) is 0.333. The van der Waals surface area contributed by atoms with Gasteiger partial charge in [-0.25, -0.2) is 9.97 Å². The number of nitriles is 2. The molecule has 2 aromatic carbocycles. The van der Waals surface area contributed by atoms with E-state index in [9.17, 15) is 10.5 Å². The van der Waals surface area contributed by atoms with Crippen LogP contribution < -0.4 is 15.7 Å². The summed E-state index contributed by atoms with van der Waals surface area (Å²) < 4.78 is 11.0. The summed E-state index contributed by atoms with van der Waals surface area (Å²) in [6.45, 7) is 9.57. The first-order valence-corrected chi connectivity index (χ1v) is 20.3. The second-order valence-electron chi connectivity index (χ2n) is 15.1. The largest absolute Gasteiger partial charge is 0.407 e. The zero-order chi connectivity index (χ0) is 37.0. The molecule has 1 aliphatic carbocycles. The molecule has 0 unspecified atom stereocenters. The molecule has 0 amide bonds. The van der Waals surface area contributed by atoms with E-state index in [2.05, 4.69) is 120 Å². The Morgan fingerprint density at radius 1 is 0.887 bits per heavy atom. The molecule has 1 fully saturated rings. The van der Waals surface area contributed by atoms with Crippen LogP contribution in [0, 0.1) is 28.6 Å². The maximum atomic E-state index is 9.63. The quantitative estimate of drug-likeness (QED) is 0.136. The molecule has 1 saturated carbocycles. The summed E-state index contributed by atoms with van der Waals surface area (Å²) in [7, 11) is -2.54. The van der Waals surface area contributed by atoms with Crippen LogP contribution in [0.1, 0.15) is 71.4 Å². The fourth-order valence-corrected chi connectivity index (χ4v) is 12.4. The van der Waals surface area contributed by atoms with Gasteiger partial charge in [-0.05, 0) is 66.4 Å². The van der Waals surface area contributed by atoms with Gasteiger partial charge in [0.2, 0.25) is 0 Å². The molecule has 0 spiro atoms. The number of nitrogens with one attached hydrogen (secondary N) is 1. The highest BCUT2D eigenvalue weighted by Crippen LogP contribution is 2.39. The summed E-state index contributed by atoms with van der Waals surface area (Å²) in [5.41, 5.74) is 3.61. The van der Waals surface area contributed by atoms with Gasteiger partial charge in [-0.15, -0.1) is 0 Å². The van der Waals surface area contributed by atoms with Gasteiger partial charge in [0.15, 0.2) is 11.5 Å². The molecule has 4 heterocycles. The standard InChI is InChI=1S/C42H45N9OSi/c1-30(23-43)49-39-22-40(51-41-33(26-48-51)21-32(24-44)25-46-41)45-28-38(39)34-27-47-50(29-34)35-17-15-31(16-18-35)19-20-52-53(42(2,3)4,36-11-7-5-8-12-36)37-13-9-6-10-14-37/h5-14,21-22,25-31,35H,15-20H2,1-4H3,(H,45,49)/t30-,31?,35?/m1/s1. The predicted molar refractivity (Wildman–Crippen MR) is 210 cm³/mol. The minimum Gasteiger partial charge on any atom is -0.407 e. The summed E-state index contributed by atoms with van der Waals surface area (Å²) in [6.07, 6.45) is 14.4. The number of hydrogen-bond donors (Lipinski definition) is 1. The second kappa shape index (κ2) is 15.2. The lowest BCUT2D eigenvalue weighted by molar-refractivity contribution is 0.206. The van der Waals surface area contributed by atoms with Crippen LogP contribution in [-0.2, 0) is 4.43 Å². The van der Waals surface area contributed by atoms with Crippen molar-refractivity contribution in [2.75, 3.05) is 11.9 Å². The molecule has 0 bridgehead atoms. The molecule has 0 radical (unpaired) electrons. The highest BCUT2D eigenvalue weighted by molar-refractivity contribution is 6.99. The van der Waals surface area contributed by atoms with E-state index in [1.54, 1.807) is 23.1 Å². The third kappa shape index (κ3) is 7.23. The van der Waals surface area contributed by atoms with E-state index in [1.807, 2.05) is 19.2 Å². The van der Waals surface area contributed by atoms with Gasteiger partial charge in [0.1, 0.15) is 12.1 Å². The Morgan fingerprint density at radius 3 is 2.23 bits per heavy atom. The topological polar surface area (TPSA) is 130 Å². The SMILES string of the molecule is C[C@H](C#N)Nc1cc(-n2ncc3cc(C#N)cnc32)ncc1-c1cnn(C2CCC(CCO[Si](c3ccccc3)(c3ccccc3)C(C)(C)C)CC2)c1. The number of rotatable bonds is 11. The normalized spacial score (nSPS) is 16.9. The summed E-state index contributed by atoms with van der Waals surface area (Å²) in [5.74, 6) is 1.16. The van der Waals surface area contributed by atoms with E-state index in [4.69, 9.17) is 14.5 Å². The first-order chi connectivity index (χ1) is 25.7. The first kappa shape index (κ1) is 35.8. The van der Waals surface area contributed by atoms with Crippen LogP contribution in [0.15, 0.2) is 104 Å². The smallest absolute Gasteiger partial charge is 0.261 e. The van der Waals surface area contributed by atoms with Crippen molar-refractivity contribution in [1.29, 1.82) is 10.5 Å². The molecule has 0 saturated heterocycles. The summed E-state index contributed by atoms with van der Waals surface area (Å²) in [6, 6.07) is 29.7. The van der Waals surface area contributed by atoms with E-state index < -0.39 is 14.4 Å². The number of nitrogens with zero attached hydrogens (tertiary/aromatic N) is 8. The zero-order valence-electron chi connectivity index (χ0n) is 30.8. The van der Waals surface area contributed by atoms with Crippen molar-refractivity contribution in [2.24, 2.45) is 5.92 Å². The van der Waals surface area contributed by atoms with E-state index in [-0.39, 0.29) is 5.04 Å². The third-order valence-electron chi connectivity index (χ3n) is 10.6. The molecule has 10 nitrogen and oxygen atoms in total. The number of hydrogen-bond acceptors (Lipinski definition) is 8. The van der Waals surface area contributed by atoms with E-state index >= 15 is 0 Å². The van der Waals surface area contributed by atoms with Gasteiger partial charge < -0.3 is 9.74 Å². The van der Waals surface area contributed by atoms with Gasteiger partial charge in [-0.3, -0.25) is 4.68 Å². The maximum Gasteiger partial charge on any atom is 0.261 e. The molecule has 53 heavy (non-hydrogen) atoms. The highest BCUT2D eigenvalue weighted by atomic mass is 28.4. The van der Waals surface area contributed by atoms with Crippen molar-refractivity contribution < 1.29 is 4.43 Å². The van der Waals surface area contributed by atoms with Crippen LogP contribution in [0.2, 0.25) is 5.04 Å². The first-order valence-electron chi connectivity index (χ1n) is 18.4. The van der Waals surface area contributed by atoms with Gasteiger partial charge in [0.25, 0.3) is 8.32 Å². The lowest BCUT2D eigenvalue weighted by Gasteiger charge is -2.43. The van der Waals surface area contributed by atoms with Crippen molar-refractivity contribution in [2.45, 2.75) is 76.9 Å². The Morgan fingerprint density at radius 2 is 1.58 bits per heavy atom. The van der Waals surface area contributed by atoms with Gasteiger partial charge in [0.05, 0.1) is 30.1 Å². The van der Waals surface area contributed by atoms with Crippen molar-refractivity contribution in [1.82, 2.24) is 29.5 Å². The minimum absolute atomic E-state index is 0.0309. The molecule has 4 aromatic heterocycles. The highest BCUT2D eigenvalue weighted by Gasteiger charge is 2.50. The van der Waals surface area contributed by atoms with Gasteiger partial charge in [-0.1, -0.05) is 81.4 Å². The lowest BCUT2D eigenvalue weighted by Crippen LogP contribution is -2.66. The monoisotopic (exact) mass is 719 g/mol. The maximum absolute atomic E-state index is 9.63. The molecule has 11 heteroatoms. The van der Waals surface area contributed by atoms with Crippen LogP contribution in [0.25, 0.3) is 28.0 Å². The lowest BCUT2D eigenvalue weighted by atomic mass is 9.84. The van der Waals surface area contributed by atoms with Crippen molar-refractivity contribution in [3.8, 4) is 29.1 Å². The summed E-state index contributed by atoms with van der Waals surface area (Å²) in [5, 5.41) is 34.9. The molecule has 268 valence electrons. The van der Waals surface area contributed by atoms with Gasteiger partial charge in [-0.2, -0.15) is 25.4 Å². The Balaban J connectivity index is 1.04. The third-order valence-corrected chi connectivity index (χ3v) is 15.6. The van der Waals surface area contributed by atoms with Gasteiger partial charge in [0, 0.05) is 53.5 Å². The van der Waals surface area contributed by atoms with Crippen molar-refractivity contribution in [3.05, 3.63) is 109 Å². The van der Waals surface area contributed by atoms with E-state index in [1.165, 1.54) is 16.6 Å². The predicted octanol–water partition coefficient (Wildman–Crippen LogP) is 7.57. The fourth-order valence-electron chi connectivity index (χ4n) is 7.84. The van der Waals surface area contributed by atoms with Crippen LogP contribution >= 0.6 is 0 Å². The van der Waals surface area contributed by atoms with Crippen LogP contribution in [0.3, 0.4) is 0 Å². The van der Waals surface area contributed by atoms with E-state index in [0.29, 0.717) is 29.0 Å². The van der Waals surface area contributed by atoms with Crippen LogP contribution in [0.4, 0.5) is 5.69 Å². The Kier molecular flexibility index (Phi) is 10.2. The molecule has 6 aromatic rings. The Bertz CT molecular complexity index is 2220. The summed E-state index contributed by atoms with van der Waals surface area (Å²) >= 11 is 0. The number of fused-ring (bicyclic) bond motifs is 1. The number of pyridine rings is 2. The van der Waals surface area contributed by atoms with Gasteiger partial charge >= 0.3 is 0 Å². The molecule has 0 aliphatic heterocycles. The second-order valence-corrected chi connectivity index (χ2v) is 19.4. The van der Waals surface area contributed by atoms with Crippen molar-refractivity contribution >= 4 is 35.4 Å². The molecule has 1 atom stereocenters. The average Bonchev–Trinajstić information content (AvgIpc) is 3.85. The number of benzene rings is 2. The molecule has 7 rings (SSSR count). The number of aromatic nitrogens is 6.